The Morgan fingerprint density at radius 1 is 1.18 bits per heavy atom. The van der Waals surface area contributed by atoms with E-state index >= 15 is 0 Å². The fourth-order valence-corrected chi connectivity index (χ4v) is 4.27. The van der Waals surface area contributed by atoms with Crippen molar-refractivity contribution >= 4 is 63.3 Å². The number of nitrogens with zero attached hydrogens (tertiary/aromatic N) is 4. The zero-order valence-electron chi connectivity index (χ0n) is 15.6. The molecule has 142 valence electrons. The van der Waals surface area contributed by atoms with Crippen molar-refractivity contribution in [1.82, 2.24) is 9.78 Å². The van der Waals surface area contributed by atoms with Crippen LogP contribution in [0.5, 0.6) is 0 Å². The molecule has 0 spiro atoms. The van der Waals surface area contributed by atoms with Gasteiger partial charge in [0, 0.05) is 29.9 Å². The molecule has 0 saturated carbocycles. The molecule has 0 aliphatic carbocycles. The number of amides is 1. The molecule has 6 nitrogen and oxygen atoms in total. The Balaban J connectivity index is 1.80. The van der Waals surface area contributed by atoms with Gasteiger partial charge in [0.2, 0.25) is 0 Å². The maximum absolute atomic E-state index is 13.2. The molecule has 0 radical (unpaired) electrons. The van der Waals surface area contributed by atoms with Gasteiger partial charge in [-0.15, -0.1) is 0 Å². The second kappa shape index (κ2) is 6.39. The lowest BCUT2D eigenvalue weighted by atomic mass is 10.0. The maximum Gasteiger partial charge on any atom is 0.259 e. The molecule has 1 amide bonds. The summed E-state index contributed by atoms with van der Waals surface area (Å²) in [4.78, 5) is 16.6. The minimum atomic E-state index is -0.861. The molecule has 2 heterocycles. The average molecular weight is 412 g/mol. The van der Waals surface area contributed by atoms with Crippen LogP contribution in [0.3, 0.4) is 0 Å². The van der Waals surface area contributed by atoms with E-state index < -0.39 is 5.54 Å². The van der Waals surface area contributed by atoms with Gasteiger partial charge >= 0.3 is 0 Å². The van der Waals surface area contributed by atoms with E-state index in [4.69, 9.17) is 29.2 Å². The summed E-state index contributed by atoms with van der Waals surface area (Å²) in [7, 11) is 1.89. The number of thiocarbonyl (C=S) groups is 1. The molecule has 3 aromatic rings. The molecule has 1 aliphatic heterocycles. The number of anilines is 2. The number of aromatic nitrogens is 2. The van der Waals surface area contributed by atoms with Gasteiger partial charge in [-0.1, -0.05) is 11.6 Å². The highest BCUT2D eigenvalue weighted by Crippen LogP contribution is 2.38. The first-order valence-corrected chi connectivity index (χ1v) is 9.45. The second-order valence-electron chi connectivity index (χ2n) is 7.18. The maximum atomic E-state index is 13.2. The van der Waals surface area contributed by atoms with Crippen molar-refractivity contribution in [2.75, 3.05) is 9.80 Å². The van der Waals surface area contributed by atoms with Crippen LogP contribution in [0.4, 0.5) is 11.4 Å². The van der Waals surface area contributed by atoms with Crippen LogP contribution >= 0.6 is 23.8 Å². The van der Waals surface area contributed by atoms with E-state index in [2.05, 4.69) is 5.10 Å². The van der Waals surface area contributed by atoms with E-state index in [9.17, 15) is 4.79 Å². The summed E-state index contributed by atoms with van der Waals surface area (Å²) in [6.45, 7) is 3.70. The molecule has 0 atom stereocenters. The highest BCUT2D eigenvalue weighted by molar-refractivity contribution is 7.81. The number of aryl methyl sites for hydroxylation is 1. The van der Waals surface area contributed by atoms with Crippen LogP contribution in [0.15, 0.2) is 42.6 Å². The fraction of sp³-hybridized carbons (Fsp3) is 0.200. The van der Waals surface area contributed by atoms with Gasteiger partial charge in [0.15, 0.2) is 5.11 Å². The van der Waals surface area contributed by atoms with Crippen molar-refractivity contribution in [1.29, 1.82) is 5.41 Å². The molecule has 1 saturated heterocycles. The molecule has 1 aliphatic rings. The molecule has 0 bridgehead atoms. The van der Waals surface area contributed by atoms with Crippen LogP contribution in [-0.4, -0.2) is 32.6 Å². The number of halogens is 1. The summed E-state index contributed by atoms with van der Waals surface area (Å²) in [5, 5.41) is 13.4. The van der Waals surface area contributed by atoms with Crippen molar-refractivity contribution in [2.24, 2.45) is 7.05 Å². The van der Waals surface area contributed by atoms with Crippen molar-refractivity contribution in [2.45, 2.75) is 19.4 Å². The monoisotopic (exact) mass is 411 g/mol. The Morgan fingerprint density at radius 3 is 2.57 bits per heavy atom. The predicted molar refractivity (Wildman–Crippen MR) is 117 cm³/mol. The van der Waals surface area contributed by atoms with Crippen molar-refractivity contribution in [3.05, 3.63) is 53.2 Å². The van der Waals surface area contributed by atoms with E-state index in [1.165, 1.54) is 11.1 Å². The minimum absolute atomic E-state index is 0.137. The number of fused-ring (bicyclic) bond motifs is 1. The normalized spacial score (nSPS) is 16.3. The highest BCUT2D eigenvalue weighted by atomic mass is 35.5. The summed E-state index contributed by atoms with van der Waals surface area (Å²) in [5.41, 5.74) is 2.14. The summed E-state index contributed by atoms with van der Waals surface area (Å²) >= 11 is 11.9. The fourth-order valence-electron chi connectivity index (χ4n) is 3.52. The lowest BCUT2D eigenvalue weighted by Gasteiger charge is -2.29. The summed E-state index contributed by atoms with van der Waals surface area (Å²) in [5.74, 6) is -0.137. The SMILES string of the molecule is Cn1ncc2cc(N3C(=S)N(c4ccc(C=N)c(Cl)c4)C(=O)C3(C)C)ccc21. The molecule has 28 heavy (non-hydrogen) atoms. The summed E-state index contributed by atoms with van der Waals surface area (Å²) in [6.07, 6.45) is 2.97. The molecule has 1 fully saturated rings. The zero-order chi connectivity index (χ0) is 20.2. The van der Waals surface area contributed by atoms with Gasteiger partial charge in [0.05, 0.1) is 22.4 Å². The topological polar surface area (TPSA) is 65.2 Å². The summed E-state index contributed by atoms with van der Waals surface area (Å²) in [6, 6.07) is 11.0. The van der Waals surface area contributed by atoms with E-state index in [1.807, 2.05) is 44.0 Å². The number of rotatable bonds is 3. The number of hydrogen-bond donors (Lipinski definition) is 1. The van der Waals surface area contributed by atoms with Gasteiger partial charge in [-0.2, -0.15) is 5.10 Å². The van der Waals surface area contributed by atoms with E-state index in [0.717, 1.165) is 16.6 Å². The average Bonchev–Trinajstić information content (AvgIpc) is 3.10. The van der Waals surface area contributed by atoms with Gasteiger partial charge in [-0.25, -0.2) is 0 Å². The first-order chi connectivity index (χ1) is 13.3. The Kier molecular flexibility index (Phi) is 4.24. The third kappa shape index (κ3) is 2.62. The van der Waals surface area contributed by atoms with Gasteiger partial charge in [0.25, 0.3) is 5.91 Å². The number of nitrogens with one attached hydrogen (secondary N) is 1. The Hall–Kier alpha value is -2.77. The lowest BCUT2D eigenvalue weighted by Crippen LogP contribution is -2.44. The molecule has 2 aromatic carbocycles. The molecule has 0 unspecified atom stereocenters. The van der Waals surface area contributed by atoms with E-state index in [0.29, 0.717) is 21.4 Å². The quantitative estimate of drug-likeness (QED) is 0.519. The molecular formula is C20H18ClN5OS. The standard InChI is InChI=1S/C20H18ClN5OS/c1-20(2)18(27)25(14-5-4-12(10-22)16(21)9-14)19(28)26(20)15-6-7-17-13(8-15)11-23-24(17)3/h4-11,22H,1-3H3. The van der Waals surface area contributed by atoms with Crippen LogP contribution in [0.25, 0.3) is 10.9 Å². The molecular weight excluding hydrogens is 394 g/mol. The second-order valence-corrected chi connectivity index (χ2v) is 7.95. The number of benzene rings is 2. The highest BCUT2D eigenvalue weighted by Gasteiger charge is 2.50. The van der Waals surface area contributed by atoms with Crippen molar-refractivity contribution in [3.8, 4) is 0 Å². The van der Waals surface area contributed by atoms with Crippen LogP contribution in [0.1, 0.15) is 19.4 Å². The zero-order valence-corrected chi connectivity index (χ0v) is 17.2. The van der Waals surface area contributed by atoms with Crippen LogP contribution < -0.4 is 9.80 Å². The van der Waals surface area contributed by atoms with E-state index in [-0.39, 0.29) is 5.91 Å². The first-order valence-electron chi connectivity index (χ1n) is 8.66. The third-order valence-electron chi connectivity index (χ3n) is 5.05. The van der Waals surface area contributed by atoms with Gasteiger partial charge in [-0.05, 0) is 62.5 Å². The smallest absolute Gasteiger partial charge is 0.259 e. The van der Waals surface area contributed by atoms with Crippen LogP contribution in [0.2, 0.25) is 5.02 Å². The van der Waals surface area contributed by atoms with E-state index in [1.54, 1.807) is 29.1 Å². The number of carbonyl (C=O) groups excluding carboxylic acids is 1. The Bertz CT molecular complexity index is 1150. The Labute approximate surface area is 172 Å². The lowest BCUT2D eigenvalue weighted by molar-refractivity contribution is -0.120. The van der Waals surface area contributed by atoms with Gasteiger partial charge in [0.1, 0.15) is 5.54 Å². The van der Waals surface area contributed by atoms with Crippen molar-refractivity contribution < 1.29 is 4.79 Å². The summed E-state index contributed by atoms with van der Waals surface area (Å²) < 4.78 is 1.80. The molecule has 8 heteroatoms. The van der Waals surface area contributed by atoms with Crippen molar-refractivity contribution in [3.63, 3.8) is 0 Å². The molecule has 1 N–H and O–H groups in total. The van der Waals surface area contributed by atoms with Crippen LogP contribution in [-0.2, 0) is 11.8 Å². The molecule has 4 rings (SSSR count). The minimum Gasteiger partial charge on any atom is -0.308 e. The predicted octanol–water partition coefficient (Wildman–Crippen LogP) is 4.14. The largest absolute Gasteiger partial charge is 0.308 e. The first kappa shape index (κ1) is 18.6. The number of carbonyl (C=O) groups is 1. The van der Waals surface area contributed by atoms with Gasteiger partial charge in [-0.3, -0.25) is 14.4 Å². The molecule has 1 aromatic heterocycles. The Morgan fingerprint density at radius 2 is 1.89 bits per heavy atom. The van der Waals surface area contributed by atoms with Gasteiger partial charge < -0.3 is 10.3 Å². The van der Waals surface area contributed by atoms with Crippen LogP contribution in [0, 0.1) is 5.41 Å². The number of hydrogen-bond acceptors (Lipinski definition) is 4. The third-order valence-corrected chi connectivity index (χ3v) is 5.75.